The number of anilines is 2. The molecule has 2 N–H and O–H groups in total. The molecule has 0 unspecified atom stereocenters. The molecule has 0 bridgehead atoms. The molecule has 0 fully saturated rings. The average Bonchev–Trinajstić information content (AvgIpc) is 2.46. The van der Waals surface area contributed by atoms with Crippen LogP contribution in [0.15, 0.2) is 36.5 Å². The molecule has 0 saturated carbocycles. The van der Waals surface area contributed by atoms with E-state index >= 15 is 0 Å². The van der Waals surface area contributed by atoms with E-state index in [0.717, 1.165) is 25.3 Å². The summed E-state index contributed by atoms with van der Waals surface area (Å²) in [6, 6.07) is 12.2. The highest BCUT2D eigenvalue weighted by Crippen LogP contribution is 2.27. The summed E-state index contributed by atoms with van der Waals surface area (Å²) in [5.41, 5.74) is 9.77. The molecule has 1 aromatic heterocycles. The molecule has 0 atom stereocenters. The van der Waals surface area contributed by atoms with E-state index in [1.807, 2.05) is 0 Å². The topological polar surface area (TPSA) is 65.9 Å². The zero-order valence-electron chi connectivity index (χ0n) is 10.5. The van der Waals surface area contributed by atoms with E-state index < -0.39 is 0 Å². The van der Waals surface area contributed by atoms with Gasteiger partial charge in [-0.25, -0.2) is 4.98 Å². The Morgan fingerprint density at radius 2 is 2.05 bits per heavy atom. The molecule has 94 valence electrons. The van der Waals surface area contributed by atoms with Crippen LogP contribution in [0.5, 0.6) is 0 Å². The maximum atomic E-state index is 8.83. The molecule has 2 heterocycles. The lowest BCUT2D eigenvalue weighted by Crippen LogP contribution is -2.31. The number of hydrogen-bond acceptors (Lipinski definition) is 4. The van der Waals surface area contributed by atoms with Crippen LogP contribution in [-0.4, -0.2) is 11.5 Å². The zero-order chi connectivity index (χ0) is 13.2. The van der Waals surface area contributed by atoms with Gasteiger partial charge in [0, 0.05) is 19.3 Å². The van der Waals surface area contributed by atoms with Gasteiger partial charge in [-0.3, -0.25) is 0 Å². The third-order valence-corrected chi connectivity index (χ3v) is 3.45. The second kappa shape index (κ2) is 4.62. The number of aromatic nitrogens is 1. The fourth-order valence-electron chi connectivity index (χ4n) is 2.48. The van der Waals surface area contributed by atoms with Crippen LogP contribution >= 0.6 is 0 Å². The summed E-state index contributed by atoms with van der Waals surface area (Å²) in [6.07, 6.45) is 2.57. The van der Waals surface area contributed by atoms with Crippen LogP contribution in [0.3, 0.4) is 0 Å². The van der Waals surface area contributed by atoms with Crippen molar-refractivity contribution in [2.75, 3.05) is 17.2 Å². The Morgan fingerprint density at radius 1 is 1.26 bits per heavy atom. The van der Waals surface area contributed by atoms with Gasteiger partial charge >= 0.3 is 0 Å². The van der Waals surface area contributed by atoms with Gasteiger partial charge < -0.3 is 10.6 Å². The first-order valence-electron chi connectivity index (χ1n) is 6.25. The van der Waals surface area contributed by atoms with Gasteiger partial charge in [0.05, 0.1) is 11.3 Å². The van der Waals surface area contributed by atoms with Gasteiger partial charge in [-0.2, -0.15) is 5.26 Å². The van der Waals surface area contributed by atoms with Crippen molar-refractivity contribution in [1.82, 2.24) is 4.98 Å². The summed E-state index contributed by atoms with van der Waals surface area (Å²) in [5.74, 6) is 0.772. The van der Waals surface area contributed by atoms with Crippen LogP contribution in [0, 0.1) is 11.3 Å². The highest BCUT2D eigenvalue weighted by atomic mass is 15.2. The quantitative estimate of drug-likeness (QED) is 0.841. The normalized spacial score (nSPS) is 13.7. The second-order valence-electron chi connectivity index (χ2n) is 4.69. The highest BCUT2D eigenvalue weighted by molar-refractivity contribution is 5.65. The summed E-state index contributed by atoms with van der Waals surface area (Å²) in [6.45, 7) is 1.72. The molecule has 4 heteroatoms. The molecule has 1 aliphatic rings. The molecule has 2 aromatic rings. The Hall–Kier alpha value is -2.54. The van der Waals surface area contributed by atoms with E-state index in [1.54, 1.807) is 12.3 Å². The lowest BCUT2D eigenvalue weighted by Gasteiger charge is -2.30. The third-order valence-electron chi connectivity index (χ3n) is 3.45. The fourth-order valence-corrected chi connectivity index (χ4v) is 2.48. The lowest BCUT2D eigenvalue weighted by molar-refractivity contribution is 0.722. The summed E-state index contributed by atoms with van der Waals surface area (Å²) >= 11 is 0. The molecular formula is C15H14N4. The minimum Gasteiger partial charge on any atom is -0.396 e. The maximum Gasteiger partial charge on any atom is 0.152 e. The monoisotopic (exact) mass is 250 g/mol. The van der Waals surface area contributed by atoms with Gasteiger partial charge in [0.2, 0.25) is 0 Å². The number of rotatable bonds is 1. The molecular weight excluding hydrogens is 236 g/mol. The van der Waals surface area contributed by atoms with E-state index in [2.05, 4.69) is 40.2 Å². The standard InChI is InChI=1S/C15H14N4/c16-8-11-7-14(17)15(18-9-11)19-6-5-12-3-1-2-4-13(12)10-19/h1-4,7,9H,5-6,10,17H2. The summed E-state index contributed by atoms with van der Waals surface area (Å²) in [5, 5.41) is 8.83. The molecule has 0 aliphatic carbocycles. The number of nitriles is 1. The van der Waals surface area contributed by atoms with Gasteiger partial charge in [-0.15, -0.1) is 0 Å². The molecule has 0 radical (unpaired) electrons. The number of hydrogen-bond donors (Lipinski definition) is 1. The Bertz CT molecular complexity index is 657. The van der Waals surface area contributed by atoms with Crippen LogP contribution in [0.25, 0.3) is 0 Å². The smallest absolute Gasteiger partial charge is 0.152 e. The predicted octanol–water partition coefficient (Wildman–Crippen LogP) is 2.10. The summed E-state index contributed by atoms with van der Waals surface area (Å²) in [4.78, 5) is 6.49. The predicted molar refractivity (Wildman–Crippen MR) is 74.6 cm³/mol. The van der Waals surface area contributed by atoms with Crippen molar-refractivity contribution in [3.05, 3.63) is 53.2 Å². The van der Waals surface area contributed by atoms with Gasteiger partial charge in [0.1, 0.15) is 6.07 Å². The number of benzene rings is 1. The zero-order valence-corrected chi connectivity index (χ0v) is 10.5. The van der Waals surface area contributed by atoms with Crippen molar-refractivity contribution in [2.45, 2.75) is 13.0 Å². The minimum absolute atomic E-state index is 0.499. The molecule has 1 aromatic carbocycles. The van der Waals surface area contributed by atoms with Gasteiger partial charge in [-0.1, -0.05) is 24.3 Å². The first-order chi connectivity index (χ1) is 9.28. The van der Waals surface area contributed by atoms with Crippen molar-refractivity contribution in [1.29, 1.82) is 5.26 Å². The lowest BCUT2D eigenvalue weighted by atomic mass is 10.00. The van der Waals surface area contributed by atoms with E-state index in [9.17, 15) is 0 Å². The largest absolute Gasteiger partial charge is 0.396 e. The van der Waals surface area contributed by atoms with E-state index in [4.69, 9.17) is 11.0 Å². The third kappa shape index (κ3) is 2.11. The van der Waals surface area contributed by atoms with Crippen molar-refractivity contribution >= 4 is 11.5 Å². The average molecular weight is 250 g/mol. The number of pyridine rings is 1. The van der Waals surface area contributed by atoms with Crippen LogP contribution < -0.4 is 10.6 Å². The molecule has 19 heavy (non-hydrogen) atoms. The Balaban J connectivity index is 1.91. The Kier molecular flexibility index (Phi) is 2.81. The van der Waals surface area contributed by atoms with E-state index in [0.29, 0.717) is 11.3 Å². The maximum absolute atomic E-state index is 8.83. The number of fused-ring (bicyclic) bond motifs is 1. The molecule has 1 aliphatic heterocycles. The molecule has 0 amide bonds. The first kappa shape index (κ1) is 11.5. The van der Waals surface area contributed by atoms with Crippen LogP contribution in [0.1, 0.15) is 16.7 Å². The molecule has 3 rings (SSSR count). The van der Waals surface area contributed by atoms with Crippen LogP contribution in [0.4, 0.5) is 11.5 Å². The number of nitrogens with zero attached hydrogens (tertiary/aromatic N) is 3. The van der Waals surface area contributed by atoms with E-state index in [-0.39, 0.29) is 0 Å². The molecule has 4 nitrogen and oxygen atoms in total. The van der Waals surface area contributed by atoms with Crippen molar-refractivity contribution in [3.63, 3.8) is 0 Å². The SMILES string of the molecule is N#Cc1cnc(N2CCc3ccccc3C2)c(N)c1. The van der Waals surface area contributed by atoms with Gasteiger partial charge in [0.25, 0.3) is 0 Å². The van der Waals surface area contributed by atoms with Crippen LogP contribution in [-0.2, 0) is 13.0 Å². The van der Waals surface area contributed by atoms with E-state index in [1.165, 1.54) is 11.1 Å². The highest BCUT2D eigenvalue weighted by Gasteiger charge is 2.18. The molecule has 0 saturated heterocycles. The second-order valence-corrected chi connectivity index (χ2v) is 4.69. The number of nitrogens with two attached hydrogens (primary N) is 1. The fraction of sp³-hybridized carbons (Fsp3) is 0.200. The minimum atomic E-state index is 0.499. The summed E-state index contributed by atoms with van der Waals surface area (Å²) in [7, 11) is 0. The van der Waals surface area contributed by atoms with Crippen LogP contribution in [0.2, 0.25) is 0 Å². The van der Waals surface area contributed by atoms with Crippen molar-refractivity contribution in [2.24, 2.45) is 0 Å². The summed E-state index contributed by atoms with van der Waals surface area (Å²) < 4.78 is 0. The first-order valence-corrected chi connectivity index (χ1v) is 6.25. The van der Waals surface area contributed by atoms with Crippen molar-refractivity contribution in [3.8, 4) is 6.07 Å². The van der Waals surface area contributed by atoms with Gasteiger partial charge in [-0.05, 0) is 23.6 Å². The Morgan fingerprint density at radius 3 is 2.79 bits per heavy atom. The number of nitrogen functional groups attached to an aromatic ring is 1. The van der Waals surface area contributed by atoms with Crippen molar-refractivity contribution < 1.29 is 0 Å². The Labute approximate surface area is 112 Å². The van der Waals surface area contributed by atoms with Gasteiger partial charge in [0.15, 0.2) is 5.82 Å². The molecule has 0 spiro atoms.